The van der Waals surface area contributed by atoms with Gasteiger partial charge in [0.2, 0.25) is 5.75 Å². The molecule has 0 amide bonds. The number of carbonyl (C=O) groups is 3. The molecular weight excluding hydrogens is 474 g/mol. The van der Waals surface area contributed by atoms with E-state index in [-0.39, 0.29) is 39.6 Å². The molecule has 2 rings (SSSR count). The van der Waals surface area contributed by atoms with E-state index < -0.39 is 32.8 Å². The molecule has 184 valence electrons. The summed E-state index contributed by atoms with van der Waals surface area (Å²) in [6.45, 7) is 0. The van der Waals surface area contributed by atoms with Crippen molar-refractivity contribution in [3.8, 4) is 17.2 Å². The number of methoxy groups -OCH3 is 6. The average molecular weight is 497 g/mol. The van der Waals surface area contributed by atoms with Crippen LogP contribution >= 0.6 is 0 Å². The summed E-state index contributed by atoms with van der Waals surface area (Å²) in [5, 5.41) is 0. The smallest absolute Gasteiger partial charge is 0.340 e. The molecular formula is C21H23NO11S. The number of rotatable bonds is 9. The van der Waals surface area contributed by atoms with Crippen LogP contribution in [-0.2, 0) is 24.2 Å². The van der Waals surface area contributed by atoms with Crippen LogP contribution in [0.3, 0.4) is 0 Å². The first-order valence-electron chi connectivity index (χ1n) is 9.34. The molecule has 34 heavy (non-hydrogen) atoms. The molecule has 0 aliphatic rings. The summed E-state index contributed by atoms with van der Waals surface area (Å²) in [7, 11) is 2.43. The van der Waals surface area contributed by atoms with Crippen LogP contribution in [0.1, 0.15) is 31.1 Å². The molecule has 0 radical (unpaired) electrons. The van der Waals surface area contributed by atoms with Crippen LogP contribution < -0.4 is 18.9 Å². The Morgan fingerprint density at radius 2 is 1.26 bits per heavy atom. The van der Waals surface area contributed by atoms with Gasteiger partial charge in [0.15, 0.2) is 11.5 Å². The summed E-state index contributed by atoms with van der Waals surface area (Å²) in [5.41, 5.74) is -1.15. The zero-order chi connectivity index (χ0) is 25.6. The van der Waals surface area contributed by atoms with Gasteiger partial charge in [0.1, 0.15) is 10.6 Å². The molecule has 0 spiro atoms. The third kappa shape index (κ3) is 4.98. The zero-order valence-electron chi connectivity index (χ0n) is 19.2. The number of carbonyl (C=O) groups excluding carboxylic acids is 3. The third-order valence-electron chi connectivity index (χ3n) is 4.57. The number of hydrogen-bond donors (Lipinski definition) is 1. The first-order valence-corrected chi connectivity index (χ1v) is 10.8. The quantitative estimate of drug-likeness (QED) is 0.399. The maximum absolute atomic E-state index is 13.4. The van der Waals surface area contributed by atoms with Gasteiger partial charge in [0, 0.05) is 6.07 Å². The Balaban J connectivity index is 2.84. The summed E-state index contributed by atoms with van der Waals surface area (Å²) in [5.74, 6) is -2.91. The minimum Gasteiger partial charge on any atom is -0.493 e. The number of esters is 3. The van der Waals surface area contributed by atoms with E-state index in [1.165, 1.54) is 33.5 Å². The summed E-state index contributed by atoms with van der Waals surface area (Å²) >= 11 is 0. The largest absolute Gasteiger partial charge is 0.493 e. The lowest BCUT2D eigenvalue weighted by Gasteiger charge is -2.20. The molecule has 0 aliphatic heterocycles. The summed E-state index contributed by atoms with van der Waals surface area (Å²) in [6.07, 6.45) is 0. The Morgan fingerprint density at radius 1 is 0.706 bits per heavy atom. The number of benzene rings is 2. The van der Waals surface area contributed by atoms with Crippen LogP contribution in [0.4, 0.5) is 5.69 Å². The number of hydrogen-bond acceptors (Lipinski definition) is 11. The minimum absolute atomic E-state index is 0.0214. The van der Waals surface area contributed by atoms with E-state index in [0.29, 0.717) is 0 Å². The predicted molar refractivity (Wildman–Crippen MR) is 117 cm³/mol. The first kappa shape index (κ1) is 26.3. The second kappa shape index (κ2) is 10.7. The van der Waals surface area contributed by atoms with Gasteiger partial charge in [-0.2, -0.15) is 0 Å². The van der Waals surface area contributed by atoms with Gasteiger partial charge >= 0.3 is 17.9 Å². The lowest BCUT2D eigenvalue weighted by molar-refractivity contribution is 0.0583. The van der Waals surface area contributed by atoms with Crippen LogP contribution in [0.15, 0.2) is 29.2 Å². The maximum atomic E-state index is 13.4. The van der Waals surface area contributed by atoms with Crippen LogP contribution in [0.5, 0.6) is 17.2 Å². The van der Waals surface area contributed by atoms with E-state index >= 15 is 0 Å². The fourth-order valence-electron chi connectivity index (χ4n) is 2.99. The molecule has 0 bridgehead atoms. The highest BCUT2D eigenvalue weighted by molar-refractivity contribution is 7.92. The number of nitrogens with one attached hydrogen (secondary N) is 1. The van der Waals surface area contributed by atoms with Gasteiger partial charge in [-0.3, -0.25) is 4.72 Å². The Bertz CT molecular complexity index is 1220. The second-order valence-electron chi connectivity index (χ2n) is 6.36. The molecule has 0 saturated heterocycles. The highest BCUT2D eigenvalue weighted by Crippen LogP contribution is 2.46. The Morgan fingerprint density at radius 3 is 1.76 bits per heavy atom. The topological polar surface area (TPSA) is 153 Å². The van der Waals surface area contributed by atoms with Gasteiger partial charge in [0.25, 0.3) is 10.0 Å². The standard InChI is InChI=1S/C21H23NO11S/c1-28-14-10-13(21(25)33-6)16(18(30-3)17(14)29-2)22-34(26,27)15-9-11(19(23)31-4)7-8-12(15)20(24)32-5/h7-10,22H,1-6H3. The fourth-order valence-corrected chi connectivity index (χ4v) is 4.29. The van der Waals surface area contributed by atoms with E-state index in [1.54, 1.807) is 0 Å². The first-order chi connectivity index (χ1) is 16.1. The molecule has 0 heterocycles. The van der Waals surface area contributed by atoms with Gasteiger partial charge in [0.05, 0.1) is 59.3 Å². The molecule has 0 unspecified atom stereocenters. The second-order valence-corrected chi connectivity index (χ2v) is 8.01. The van der Waals surface area contributed by atoms with Crippen molar-refractivity contribution < 1.29 is 51.2 Å². The van der Waals surface area contributed by atoms with Crippen molar-refractivity contribution in [3.05, 3.63) is 41.0 Å². The van der Waals surface area contributed by atoms with Crippen molar-refractivity contribution >= 4 is 33.6 Å². The maximum Gasteiger partial charge on any atom is 0.340 e. The molecule has 0 fully saturated rings. The normalized spacial score (nSPS) is 10.6. The molecule has 0 atom stereocenters. The van der Waals surface area contributed by atoms with Gasteiger partial charge < -0.3 is 28.4 Å². The Kier molecular flexibility index (Phi) is 8.30. The van der Waals surface area contributed by atoms with Gasteiger partial charge in [-0.15, -0.1) is 0 Å². The highest BCUT2D eigenvalue weighted by Gasteiger charge is 2.31. The monoisotopic (exact) mass is 497 g/mol. The predicted octanol–water partition coefficient (Wildman–Crippen LogP) is 1.87. The van der Waals surface area contributed by atoms with E-state index in [4.69, 9.17) is 18.9 Å². The SMILES string of the molecule is COC(=O)c1ccc(C(=O)OC)c(S(=O)(=O)Nc2c(C(=O)OC)cc(OC)c(OC)c2OC)c1. The van der Waals surface area contributed by atoms with Crippen molar-refractivity contribution in [3.63, 3.8) is 0 Å². The van der Waals surface area contributed by atoms with Crippen molar-refractivity contribution in [1.82, 2.24) is 0 Å². The average Bonchev–Trinajstić information content (AvgIpc) is 2.85. The van der Waals surface area contributed by atoms with Crippen LogP contribution in [0.2, 0.25) is 0 Å². The van der Waals surface area contributed by atoms with Crippen LogP contribution in [0.25, 0.3) is 0 Å². The van der Waals surface area contributed by atoms with E-state index in [0.717, 1.165) is 33.5 Å². The van der Waals surface area contributed by atoms with Gasteiger partial charge in [-0.05, 0) is 18.2 Å². The Labute approximate surface area is 195 Å². The molecule has 0 aliphatic carbocycles. The van der Waals surface area contributed by atoms with E-state index in [9.17, 15) is 22.8 Å². The van der Waals surface area contributed by atoms with Gasteiger partial charge in [-0.1, -0.05) is 0 Å². The molecule has 1 N–H and O–H groups in total. The Hall–Kier alpha value is -4.00. The summed E-state index contributed by atoms with van der Waals surface area (Å²) in [6, 6.07) is 4.43. The van der Waals surface area contributed by atoms with Crippen molar-refractivity contribution in [2.45, 2.75) is 4.90 Å². The van der Waals surface area contributed by atoms with Crippen molar-refractivity contribution in [1.29, 1.82) is 0 Å². The zero-order valence-corrected chi connectivity index (χ0v) is 20.0. The van der Waals surface area contributed by atoms with Gasteiger partial charge in [-0.25, -0.2) is 22.8 Å². The number of anilines is 1. The molecule has 13 heteroatoms. The van der Waals surface area contributed by atoms with Crippen LogP contribution in [-0.4, -0.2) is 69.0 Å². The summed E-state index contributed by atoms with van der Waals surface area (Å²) in [4.78, 5) is 36.1. The van der Waals surface area contributed by atoms with E-state index in [1.807, 2.05) is 0 Å². The van der Waals surface area contributed by atoms with E-state index in [2.05, 4.69) is 14.2 Å². The lowest BCUT2D eigenvalue weighted by Crippen LogP contribution is -2.21. The lowest BCUT2D eigenvalue weighted by atomic mass is 10.1. The molecule has 2 aromatic rings. The third-order valence-corrected chi connectivity index (χ3v) is 5.96. The van der Waals surface area contributed by atoms with Crippen molar-refractivity contribution in [2.24, 2.45) is 0 Å². The molecule has 2 aromatic carbocycles. The molecule has 0 saturated carbocycles. The fraction of sp³-hybridized carbons (Fsp3) is 0.286. The molecule has 12 nitrogen and oxygen atoms in total. The minimum atomic E-state index is -4.65. The molecule has 0 aromatic heterocycles. The summed E-state index contributed by atoms with van der Waals surface area (Å²) < 4.78 is 58.9. The number of ether oxygens (including phenoxy) is 6. The number of sulfonamides is 1. The highest BCUT2D eigenvalue weighted by atomic mass is 32.2. The van der Waals surface area contributed by atoms with Crippen LogP contribution in [0, 0.1) is 0 Å². The van der Waals surface area contributed by atoms with Crippen molar-refractivity contribution in [2.75, 3.05) is 47.4 Å².